The van der Waals surface area contributed by atoms with Crippen LogP contribution in [0.5, 0.6) is 11.5 Å². The first kappa shape index (κ1) is 9.99. The maximum Gasteiger partial charge on any atom is 0.148 e. The normalized spacial score (nSPS) is 10.0. The Bertz CT molecular complexity index is 453. The minimum absolute atomic E-state index is 0.699. The highest BCUT2D eigenvalue weighted by atomic mass is 35.5. The number of benzene rings is 1. The molecule has 0 atom stereocenters. The summed E-state index contributed by atoms with van der Waals surface area (Å²) in [5.74, 6) is 1.52. The van der Waals surface area contributed by atoms with Gasteiger partial charge in [-0.05, 0) is 43.3 Å². The minimum atomic E-state index is 0.699. The average Bonchev–Trinajstić information content (AvgIpc) is 2.25. The number of nitrogens with zero attached hydrogens (tertiary/aromatic N) is 1. The third kappa shape index (κ3) is 2.48. The lowest BCUT2D eigenvalue weighted by Crippen LogP contribution is -1.88. The molecule has 3 heteroatoms. The monoisotopic (exact) mass is 219 g/mol. The van der Waals surface area contributed by atoms with Gasteiger partial charge in [-0.3, -0.25) is 4.98 Å². The summed E-state index contributed by atoms with van der Waals surface area (Å²) in [6, 6.07) is 11.0. The van der Waals surface area contributed by atoms with Crippen LogP contribution in [0, 0.1) is 6.92 Å². The molecule has 0 aliphatic carbocycles. The summed E-state index contributed by atoms with van der Waals surface area (Å²) in [5, 5.41) is 0.699. The van der Waals surface area contributed by atoms with Gasteiger partial charge in [0.1, 0.15) is 11.5 Å². The van der Waals surface area contributed by atoms with Crippen molar-refractivity contribution in [3.63, 3.8) is 0 Å². The Balaban J connectivity index is 2.22. The third-order valence-electron chi connectivity index (χ3n) is 2.00. The molecule has 15 heavy (non-hydrogen) atoms. The van der Waals surface area contributed by atoms with Gasteiger partial charge in [-0.2, -0.15) is 0 Å². The minimum Gasteiger partial charge on any atom is -0.455 e. The van der Waals surface area contributed by atoms with Crippen molar-refractivity contribution >= 4 is 11.6 Å². The van der Waals surface area contributed by atoms with E-state index in [-0.39, 0.29) is 0 Å². The fraction of sp³-hybridized carbons (Fsp3) is 0.0833. The summed E-state index contributed by atoms with van der Waals surface area (Å²) in [5.41, 5.74) is 0.868. The van der Waals surface area contributed by atoms with E-state index >= 15 is 0 Å². The number of rotatable bonds is 2. The molecule has 0 saturated heterocycles. The molecule has 1 aromatic carbocycles. The molecule has 0 spiro atoms. The van der Waals surface area contributed by atoms with Crippen molar-refractivity contribution in [2.75, 3.05) is 0 Å². The maximum absolute atomic E-state index is 5.78. The molecule has 2 nitrogen and oxygen atoms in total. The van der Waals surface area contributed by atoms with Gasteiger partial charge in [0.2, 0.25) is 0 Å². The molecule has 0 N–H and O–H groups in total. The number of aryl methyl sites for hydroxylation is 1. The van der Waals surface area contributed by atoms with E-state index in [1.807, 2.05) is 31.2 Å². The lowest BCUT2D eigenvalue weighted by molar-refractivity contribution is 0.476. The highest BCUT2D eigenvalue weighted by Gasteiger charge is 2.00. The van der Waals surface area contributed by atoms with Crippen molar-refractivity contribution in [2.24, 2.45) is 0 Å². The molecule has 0 radical (unpaired) electrons. The Hall–Kier alpha value is -1.54. The Morgan fingerprint density at radius 2 is 1.87 bits per heavy atom. The van der Waals surface area contributed by atoms with Crippen LogP contribution < -0.4 is 4.74 Å². The van der Waals surface area contributed by atoms with Crippen LogP contribution in [0.15, 0.2) is 42.6 Å². The second kappa shape index (κ2) is 4.32. The first-order valence-corrected chi connectivity index (χ1v) is 4.98. The van der Waals surface area contributed by atoms with Gasteiger partial charge < -0.3 is 4.74 Å². The van der Waals surface area contributed by atoms with E-state index in [9.17, 15) is 0 Å². The van der Waals surface area contributed by atoms with Crippen molar-refractivity contribution < 1.29 is 4.74 Å². The number of halogens is 1. The molecule has 0 unspecified atom stereocenters. The van der Waals surface area contributed by atoms with Crippen molar-refractivity contribution in [2.45, 2.75) is 6.92 Å². The zero-order chi connectivity index (χ0) is 10.7. The SMILES string of the molecule is Cc1ncccc1Oc1ccc(Cl)cc1. The van der Waals surface area contributed by atoms with E-state index < -0.39 is 0 Å². The second-order valence-corrected chi connectivity index (χ2v) is 3.58. The Labute approximate surface area is 93.5 Å². The predicted octanol–water partition coefficient (Wildman–Crippen LogP) is 3.84. The first-order valence-electron chi connectivity index (χ1n) is 4.61. The van der Waals surface area contributed by atoms with Crippen molar-refractivity contribution in [3.8, 4) is 11.5 Å². The van der Waals surface area contributed by atoms with Gasteiger partial charge in [0.25, 0.3) is 0 Å². The van der Waals surface area contributed by atoms with Gasteiger partial charge in [-0.1, -0.05) is 11.6 Å². The first-order chi connectivity index (χ1) is 7.25. The van der Waals surface area contributed by atoms with E-state index in [4.69, 9.17) is 16.3 Å². The van der Waals surface area contributed by atoms with E-state index in [1.54, 1.807) is 18.3 Å². The van der Waals surface area contributed by atoms with Crippen molar-refractivity contribution in [1.29, 1.82) is 0 Å². The summed E-state index contributed by atoms with van der Waals surface area (Å²) in [6.45, 7) is 1.91. The van der Waals surface area contributed by atoms with E-state index in [2.05, 4.69) is 4.98 Å². The van der Waals surface area contributed by atoms with E-state index in [0.717, 1.165) is 17.2 Å². The molecule has 2 aromatic rings. The number of aromatic nitrogens is 1. The molecule has 0 aliphatic rings. The standard InChI is InChI=1S/C12H10ClNO/c1-9-12(3-2-8-14-9)15-11-6-4-10(13)5-7-11/h2-8H,1H3. The predicted molar refractivity (Wildman–Crippen MR) is 60.5 cm³/mol. The molecular formula is C12H10ClNO. The number of hydrogen-bond donors (Lipinski definition) is 0. The zero-order valence-corrected chi connectivity index (χ0v) is 9.03. The highest BCUT2D eigenvalue weighted by molar-refractivity contribution is 6.30. The molecule has 1 heterocycles. The molecule has 2 rings (SSSR count). The van der Waals surface area contributed by atoms with Gasteiger partial charge in [-0.15, -0.1) is 0 Å². The van der Waals surface area contributed by atoms with Gasteiger partial charge in [0.15, 0.2) is 0 Å². The van der Waals surface area contributed by atoms with Crippen LogP contribution in [0.25, 0.3) is 0 Å². The molecule has 1 aromatic heterocycles. The van der Waals surface area contributed by atoms with E-state index in [1.165, 1.54) is 0 Å². The number of pyridine rings is 1. The van der Waals surface area contributed by atoms with Gasteiger partial charge >= 0.3 is 0 Å². The van der Waals surface area contributed by atoms with Crippen LogP contribution in [-0.4, -0.2) is 4.98 Å². The van der Waals surface area contributed by atoms with Crippen LogP contribution in [0.1, 0.15) is 5.69 Å². The van der Waals surface area contributed by atoms with Crippen molar-refractivity contribution in [1.82, 2.24) is 4.98 Å². The van der Waals surface area contributed by atoms with E-state index in [0.29, 0.717) is 5.02 Å². The zero-order valence-electron chi connectivity index (χ0n) is 8.27. The fourth-order valence-corrected chi connectivity index (χ4v) is 1.33. The summed E-state index contributed by atoms with van der Waals surface area (Å²) in [4.78, 5) is 4.14. The Morgan fingerprint density at radius 3 is 2.53 bits per heavy atom. The largest absolute Gasteiger partial charge is 0.455 e. The molecule has 0 amide bonds. The smallest absolute Gasteiger partial charge is 0.148 e. The average molecular weight is 220 g/mol. The highest BCUT2D eigenvalue weighted by Crippen LogP contribution is 2.24. The third-order valence-corrected chi connectivity index (χ3v) is 2.25. The second-order valence-electron chi connectivity index (χ2n) is 3.14. The summed E-state index contributed by atoms with van der Waals surface area (Å²) < 4.78 is 5.64. The van der Waals surface area contributed by atoms with Crippen LogP contribution in [-0.2, 0) is 0 Å². The van der Waals surface area contributed by atoms with Crippen LogP contribution in [0.2, 0.25) is 5.02 Å². The molecule has 76 valence electrons. The molecule has 0 saturated carbocycles. The van der Waals surface area contributed by atoms with Gasteiger partial charge in [0, 0.05) is 11.2 Å². The number of ether oxygens (including phenoxy) is 1. The number of hydrogen-bond acceptors (Lipinski definition) is 2. The topological polar surface area (TPSA) is 22.1 Å². The Kier molecular flexibility index (Phi) is 2.88. The summed E-state index contributed by atoms with van der Waals surface area (Å²) >= 11 is 5.78. The quantitative estimate of drug-likeness (QED) is 0.766. The summed E-state index contributed by atoms with van der Waals surface area (Å²) in [6.07, 6.45) is 1.74. The molecule has 0 aliphatic heterocycles. The molecule has 0 fully saturated rings. The lowest BCUT2D eigenvalue weighted by atomic mass is 10.3. The van der Waals surface area contributed by atoms with Gasteiger partial charge in [0.05, 0.1) is 5.69 Å². The van der Waals surface area contributed by atoms with Crippen LogP contribution in [0.3, 0.4) is 0 Å². The maximum atomic E-state index is 5.78. The summed E-state index contributed by atoms with van der Waals surface area (Å²) in [7, 11) is 0. The van der Waals surface area contributed by atoms with Crippen LogP contribution in [0.4, 0.5) is 0 Å². The lowest BCUT2D eigenvalue weighted by Gasteiger charge is -2.07. The molecular weight excluding hydrogens is 210 g/mol. The van der Waals surface area contributed by atoms with Crippen LogP contribution >= 0.6 is 11.6 Å². The van der Waals surface area contributed by atoms with Gasteiger partial charge in [-0.25, -0.2) is 0 Å². The van der Waals surface area contributed by atoms with Crippen molar-refractivity contribution in [3.05, 3.63) is 53.3 Å². The fourth-order valence-electron chi connectivity index (χ4n) is 1.21. The molecule has 0 bridgehead atoms. The Morgan fingerprint density at radius 1 is 1.13 bits per heavy atom.